The molecule has 2 unspecified atom stereocenters. The molecule has 1 amide bonds. The van der Waals surface area contributed by atoms with Gasteiger partial charge in [0.15, 0.2) is 5.69 Å². The third-order valence-corrected chi connectivity index (χ3v) is 5.61. The molecule has 1 aromatic rings. The summed E-state index contributed by atoms with van der Waals surface area (Å²) in [5.74, 6) is -0.313. The van der Waals surface area contributed by atoms with Crippen LogP contribution in [0.15, 0.2) is 5.38 Å². The van der Waals surface area contributed by atoms with E-state index in [4.69, 9.17) is 10.5 Å². The summed E-state index contributed by atoms with van der Waals surface area (Å²) in [6.45, 7) is 6.14. The smallest absolute Gasteiger partial charge is 0.378 e. The van der Waals surface area contributed by atoms with Gasteiger partial charge in [-0.2, -0.15) is 13.2 Å². The molecule has 25 heavy (non-hydrogen) atoms. The van der Waals surface area contributed by atoms with Crippen LogP contribution in [0, 0.1) is 5.41 Å². The Labute approximate surface area is 155 Å². The van der Waals surface area contributed by atoms with Gasteiger partial charge in [-0.15, -0.1) is 23.7 Å². The Hall–Kier alpha value is -0.900. The number of rotatable bonds is 5. The van der Waals surface area contributed by atoms with Crippen LogP contribution < -0.4 is 5.73 Å². The lowest BCUT2D eigenvalue weighted by atomic mass is 9.54. The molecule has 1 fully saturated rings. The van der Waals surface area contributed by atoms with Gasteiger partial charge >= 0.3 is 6.18 Å². The Morgan fingerprint density at radius 1 is 1.52 bits per heavy atom. The summed E-state index contributed by atoms with van der Waals surface area (Å²) in [6.07, 6.45) is -4.20. The van der Waals surface area contributed by atoms with Crippen LogP contribution in [0.25, 0.3) is 0 Å². The summed E-state index contributed by atoms with van der Waals surface area (Å²) >= 11 is 0.876. The monoisotopic (exact) mass is 401 g/mol. The summed E-state index contributed by atoms with van der Waals surface area (Å²) in [4.78, 5) is 17.6. The first-order valence-corrected chi connectivity index (χ1v) is 8.49. The van der Waals surface area contributed by atoms with Gasteiger partial charge in [-0.05, 0) is 6.92 Å². The number of aromatic nitrogens is 1. The Bertz CT molecular complexity index is 623. The maximum Gasteiger partial charge on any atom is 0.434 e. The molecule has 0 spiro atoms. The second kappa shape index (κ2) is 7.38. The zero-order valence-electron chi connectivity index (χ0n) is 14.5. The van der Waals surface area contributed by atoms with Gasteiger partial charge in [0, 0.05) is 30.9 Å². The molecule has 1 aliphatic carbocycles. The molecule has 0 radical (unpaired) electrons. The van der Waals surface area contributed by atoms with Gasteiger partial charge in [-0.25, -0.2) is 4.98 Å². The molecule has 0 bridgehead atoms. The fourth-order valence-corrected chi connectivity index (χ4v) is 3.78. The average molecular weight is 402 g/mol. The molecule has 10 heteroatoms. The molecule has 1 saturated carbocycles. The van der Waals surface area contributed by atoms with E-state index >= 15 is 0 Å². The van der Waals surface area contributed by atoms with Gasteiger partial charge < -0.3 is 15.4 Å². The first kappa shape index (κ1) is 22.1. The summed E-state index contributed by atoms with van der Waals surface area (Å²) < 4.78 is 43.4. The topological polar surface area (TPSA) is 68.5 Å². The van der Waals surface area contributed by atoms with E-state index in [1.54, 1.807) is 0 Å². The zero-order chi connectivity index (χ0) is 18.3. The minimum Gasteiger partial charge on any atom is -0.378 e. The van der Waals surface area contributed by atoms with Crippen molar-refractivity contribution in [1.29, 1.82) is 0 Å². The van der Waals surface area contributed by atoms with E-state index in [0.29, 0.717) is 13.0 Å². The zero-order valence-corrected chi connectivity index (χ0v) is 16.1. The van der Waals surface area contributed by atoms with Crippen molar-refractivity contribution in [2.24, 2.45) is 11.1 Å². The molecule has 1 aliphatic rings. The highest BCUT2D eigenvalue weighted by molar-refractivity contribution is 7.09. The summed E-state index contributed by atoms with van der Waals surface area (Å²) in [6, 6.07) is 0. The van der Waals surface area contributed by atoms with Crippen molar-refractivity contribution in [3.63, 3.8) is 0 Å². The highest BCUT2D eigenvalue weighted by atomic mass is 35.5. The molecule has 2 N–H and O–H groups in total. The van der Waals surface area contributed by atoms with Crippen LogP contribution >= 0.6 is 23.7 Å². The number of carbonyl (C=O) groups excluding carboxylic acids is 1. The number of hydrogen-bond acceptors (Lipinski definition) is 5. The Balaban J connectivity index is 0.00000312. The Morgan fingerprint density at radius 2 is 2.12 bits per heavy atom. The first-order valence-electron chi connectivity index (χ1n) is 7.61. The van der Waals surface area contributed by atoms with E-state index in [1.807, 2.05) is 20.8 Å². The number of alkyl halides is 3. The summed E-state index contributed by atoms with van der Waals surface area (Å²) in [7, 11) is 1.52. The number of likely N-dealkylation sites (N-methyl/N-ethyl adjacent to an activating group) is 1. The van der Waals surface area contributed by atoms with Gasteiger partial charge in [-0.3, -0.25) is 4.79 Å². The molecule has 0 aliphatic heterocycles. The number of ether oxygens (including phenoxy) is 1. The standard InChI is InChI=1S/C15H22F3N3O2S.ClH/c1-5-23-10-6-14(19,13(10,2)3)12(22)21(4)7-11-20-9(8-24-11)15(16,17)18;/h8,10H,5-7,19H2,1-4H3;1H. The fourth-order valence-electron chi connectivity index (χ4n) is 2.93. The number of hydrogen-bond donors (Lipinski definition) is 1. The lowest BCUT2D eigenvalue weighted by Gasteiger charge is -2.58. The van der Waals surface area contributed by atoms with Crippen molar-refractivity contribution in [1.82, 2.24) is 9.88 Å². The van der Waals surface area contributed by atoms with Crippen LogP contribution in [-0.4, -0.2) is 41.1 Å². The van der Waals surface area contributed by atoms with Crippen LogP contribution in [0.1, 0.15) is 37.9 Å². The predicted molar refractivity (Wildman–Crippen MR) is 91.6 cm³/mol. The highest BCUT2D eigenvalue weighted by Crippen LogP contribution is 2.50. The van der Waals surface area contributed by atoms with Crippen LogP contribution in [0.2, 0.25) is 0 Å². The van der Waals surface area contributed by atoms with Crippen LogP contribution in [-0.2, 0) is 22.3 Å². The van der Waals surface area contributed by atoms with Crippen molar-refractivity contribution < 1.29 is 22.7 Å². The molecule has 5 nitrogen and oxygen atoms in total. The number of amides is 1. The SMILES string of the molecule is CCOC1CC(N)(C(=O)N(C)Cc2nc(C(F)(F)F)cs2)C1(C)C.Cl. The van der Waals surface area contributed by atoms with E-state index in [0.717, 1.165) is 16.7 Å². The lowest BCUT2D eigenvalue weighted by Crippen LogP contribution is -2.75. The van der Waals surface area contributed by atoms with Gasteiger partial charge in [0.1, 0.15) is 10.5 Å². The molecular formula is C15H23ClF3N3O2S. The van der Waals surface area contributed by atoms with Gasteiger partial charge in [0.05, 0.1) is 12.6 Å². The number of nitrogens with two attached hydrogens (primary N) is 1. The molecular weight excluding hydrogens is 379 g/mol. The first-order chi connectivity index (χ1) is 10.9. The van der Waals surface area contributed by atoms with Crippen molar-refractivity contribution in [2.75, 3.05) is 13.7 Å². The van der Waals surface area contributed by atoms with Gasteiger partial charge in [-0.1, -0.05) is 13.8 Å². The summed E-state index contributed by atoms with van der Waals surface area (Å²) in [5.41, 5.74) is 3.73. The van der Waals surface area contributed by atoms with Gasteiger partial charge in [0.2, 0.25) is 5.91 Å². The second-order valence-electron chi connectivity index (χ2n) is 6.63. The molecule has 0 saturated heterocycles. The largest absolute Gasteiger partial charge is 0.434 e. The quantitative estimate of drug-likeness (QED) is 0.823. The molecule has 144 valence electrons. The normalized spacial score (nSPS) is 25.0. The maximum atomic E-state index is 12.7. The van der Waals surface area contributed by atoms with E-state index < -0.39 is 22.8 Å². The van der Waals surface area contributed by atoms with Gasteiger partial charge in [0.25, 0.3) is 0 Å². The maximum absolute atomic E-state index is 12.7. The molecule has 1 aromatic heterocycles. The molecule has 0 aromatic carbocycles. The van der Waals surface area contributed by atoms with Crippen LogP contribution in [0.3, 0.4) is 0 Å². The lowest BCUT2D eigenvalue weighted by molar-refractivity contribution is -0.178. The number of thiazole rings is 1. The summed E-state index contributed by atoms with van der Waals surface area (Å²) in [5, 5.41) is 1.17. The predicted octanol–water partition coefficient (Wildman–Crippen LogP) is 3.07. The minimum absolute atomic E-state index is 0. The van der Waals surface area contributed by atoms with E-state index in [1.165, 1.54) is 11.9 Å². The van der Waals surface area contributed by atoms with Crippen molar-refractivity contribution in [2.45, 2.75) is 51.6 Å². The van der Waals surface area contributed by atoms with Crippen LogP contribution in [0.5, 0.6) is 0 Å². The third kappa shape index (κ3) is 3.94. The third-order valence-electron chi connectivity index (χ3n) is 4.77. The van der Waals surface area contributed by atoms with E-state index in [9.17, 15) is 18.0 Å². The van der Waals surface area contributed by atoms with Crippen molar-refractivity contribution in [3.05, 3.63) is 16.1 Å². The average Bonchev–Trinajstić information content (AvgIpc) is 2.94. The highest BCUT2D eigenvalue weighted by Gasteiger charge is 2.63. The van der Waals surface area contributed by atoms with Crippen molar-refractivity contribution in [3.8, 4) is 0 Å². The van der Waals surface area contributed by atoms with E-state index in [2.05, 4.69) is 4.98 Å². The minimum atomic E-state index is -4.48. The molecule has 1 heterocycles. The Morgan fingerprint density at radius 3 is 2.56 bits per heavy atom. The fraction of sp³-hybridized carbons (Fsp3) is 0.733. The molecule has 2 atom stereocenters. The Kier molecular flexibility index (Phi) is 6.54. The second-order valence-corrected chi connectivity index (χ2v) is 7.57. The van der Waals surface area contributed by atoms with Crippen LogP contribution in [0.4, 0.5) is 13.2 Å². The van der Waals surface area contributed by atoms with Crippen molar-refractivity contribution >= 4 is 29.7 Å². The number of halogens is 4. The molecule has 2 rings (SSSR count). The number of nitrogens with zero attached hydrogens (tertiary/aromatic N) is 2. The number of carbonyl (C=O) groups is 1. The van der Waals surface area contributed by atoms with E-state index in [-0.39, 0.29) is 36.0 Å².